The molecule has 27 heavy (non-hydrogen) atoms. The number of nitrogens with one attached hydrogen (secondary N) is 1. The van der Waals surface area contributed by atoms with Crippen LogP contribution in [-0.2, 0) is 6.42 Å². The fraction of sp³-hybridized carbons (Fsp3) is 0.333. The second kappa shape index (κ2) is 7.31. The molecule has 0 radical (unpaired) electrons. The van der Waals surface area contributed by atoms with Crippen molar-refractivity contribution in [3.63, 3.8) is 0 Å². The summed E-state index contributed by atoms with van der Waals surface area (Å²) in [6, 6.07) is 14.8. The van der Waals surface area contributed by atoms with Crippen molar-refractivity contribution in [1.82, 2.24) is 14.8 Å². The molecule has 6 heteroatoms. The third-order valence-corrected chi connectivity index (χ3v) is 5.22. The van der Waals surface area contributed by atoms with Gasteiger partial charge in [0.15, 0.2) is 0 Å². The van der Waals surface area contributed by atoms with Crippen LogP contribution in [0.3, 0.4) is 0 Å². The Morgan fingerprint density at radius 3 is 2.63 bits per heavy atom. The van der Waals surface area contributed by atoms with Gasteiger partial charge in [-0.3, -0.25) is 0 Å². The first kappa shape index (κ1) is 17.4. The van der Waals surface area contributed by atoms with Crippen LogP contribution in [-0.4, -0.2) is 29.0 Å². The largest absolute Gasteiger partial charge is 0.497 e. The SMILES string of the molecule is CCc1ccc(C2CC(c3cc(OC)ccc3OC)n3ncnc3N2)cc1. The van der Waals surface area contributed by atoms with Gasteiger partial charge in [0.25, 0.3) is 0 Å². The van der Waals surface area contributed by atoms with Crippen molar-refractivity contribution in [3.8, 4) is 11.5 Å². The van der Waals surface area contributed by atoms with E-state index in [0.717, 1.165) is 35.9 Å². The molecule has 1 aliphatic heterocycles. The second-order valence-electron chi connectivity index (χ2n) is 6.68. The molecule has 2 aromatic carbocycles. The quantitative estimate of drug-likeness (QED) is 0.741. The molecule has 0 spiro atoms. The van der Waals surface area contributed by atoms with E-state index in [0.29, 0.717) is 0 Å². The van der Waals surface area contributed by atoms with E-state index in [-0.39, 0.29) is 12.1 Å². The van der Waals surface area contributed by atoms with Gasteiger partial charge in [-0.05, 0) is 42.2 Å². The number of fused-ring (bicyclic) bond motifs is 1. The van der Waals surface area contributed by atoms with E-state index < -0.39 is 0 Å². The average molecular weight is 364 g/mol. The van der Waals surface area contributed by atoms with E-state index >= 15 is 0 Å². The Labute approximate surface area is 159 Å². The van der Waals surface area contributed by atoms with E-state index in [9.17, 15) is 0 Å². The lowest BCUT2D eigenvalue weighted by molar-refractivity contribution is 0.373. The zero-order chi connectivity index (χ0) is 18.8. The van der Waals surface area contributed by atoms with Crippen LogP contribution in [0.5, 0.6) is 11.5 Å². The molecule has 6 nitrogen and oxygen atoms in total. The van der Waals surface area contributed by atoms with Crippen LogP contribution in [0.1, 0.15) is 42.1 Å². The number of ether oxygens (including phenoxy) is 2. The second-order valence-corrected chi connectivity index (χ2v) is 6.68. The van der Waals surface area contributed by atoms with Gasteiger partial charge in [-0.15, -0.1) is 0 Å². The van der Waals surface area contributed by atoms with Crippen LogP contribution in [0, 0.1) is 0 Å². The van der Waals surface area contributed by atoms with Gasteiger partial charge < -0.3 is 14.8 Å². The van der Waals surface area contributed by atoms with Crippen molar-refractivity contribution < 1.29 is 9.47 Å². The molecule has 0 saturated carbocycles. The minimum Gasteiger partial charge on any atom is -0.497 e. The summed E-state index contributed by atoms with van der Waals surface area (Å²) >= 11 is 0. The number of anilines is 1. The van der Waals surface area contributed by atoms with Gasteiger partial charge in [-0.25, -0.2) is 4.68 Å². The standard InChI is InChI=1S/C21H24N4O2/c1-4-14-5-7-15(8-6-14)18-12-19(25-21(24-18)22-13-23-25)17-11-16(26-2)9-10-20(17)27-3/h5-11,13,18-19H,4,12H2,1-3H3,(H,22,23,24). The Bertz CT molecular complexity index is 920. The van der Waals surface area contributed by atoms with Crippen LogP contribution in [0.4, 0.5) is 5.95 Å². The van der Waals surface area contributed by atoms with Crippen molar-refractivity contribution in [3.05, 3.63) is 65.5 Å². The number of nitrogens with zero attached hydrogens (tertiary/aromatic N) is 3. The molecule has 2 atom stereocenters. The summed E-state index contributed by atoms with van der Waals surface area (Å²) in [6.07, 6.45) is 3.46. The molecule has 0 saturated heterocycles. The first-order valence-corrected chi connectivity index (χ1v) is 9.20. The highest BCUT2D eigenvalue weighted by Crippen LogP contribution is 2.41. The maximum absolute atomic E-state index is 5.62. The Morgan fingerprint density at radius 2 is 1.93 bits per heavy atom. The van der Waals surface area contributed by atoms with Gasteiger partial charge >= 0.3 is 0 Å². The van der Waals surface area contributed by atoms with Crippen LogP contribution < -0.4 is 14.8 Å². The number of hydrogen-bond acceptors (Lipinski definition) is 5. The van der Waals surface area contributed by atoms with Crippen molar-refractivity contribution >= 4 is 5.95 Å². The van der Waals surface area contributed by atoms with E-state index in [1.165, 1.54) is 11.1 Å². The third-order valence-electron chi connectivity index (χ3n) is 5.22. The molecule has 0 amide bonds. The number of rotatable bonds is 5. The summed E-state index contributed by atoms with van der Waals surface area (Å²) in [5.74, 6) is 2.39. The molecule has 2 heterocycles. The molecule has 1 aromatic heterocycles. The first-order chi connectivity index (χ1) is 13.2. The minimum atomic E-state index is 0.00431. The molecule has 0 bridgehead atoms. The predicted octanol–water partition coefficient (Wildman–Crippen LogP) is 4.00. The van der Waals surface area contributed by atoms with Crippen LogP contribution >= 0.6 is 0 Å². The zero-order valence-corrected chi connectivity index (χ0v) is 15.8. The van der Waals surface area contributed by atoms with Crippen molar-refractivity contribution in [2.75, 3.05) is 19.5 Å². The molecule has 2 unspecified atom stereocenters. The Kier molecular flexibility index (Phi) is 4.71. The molecular weight excluding hydrogens is 340 g/mol. The number of aromatic nitrogens is 3. The number of methoxy groups -OCH3 is 2. The molecule has 0 fully saturated rings. The fourth-order valence-corrected chi connectivity index (χ4v) is 3.68. The summed E-state index contributed by atoms with van der Waals surface area (Å²) in [4.78, 5) is 4.41. The first-order valence-electron chi connectivity index (χ1n) is 9.20. The minimum absolute atomic E-state index is 0.00431. The number of benzene rings is 2. The van der Waals surface area contributed by atoms with Gasteiger partial charge in [0.1, 0.15) is 17.8 Å². The Balaban J connectivity index is 1.74. The molecule has 140 valence electrons. The van der Waals surface area contributed by atoms with E-state index in [4.69, 9.17) is 9.47 Å². The average Bonchev–Trinajstić information content (AvgIpc) is 3.21. The lowest BCUT2D eigenvalue weighted by atomic mass is 9.92. The van der Waals surface area contributed by atoms with Gasteiger partial charge in [0.2, 0.25) is 5.95 Å². The summed E-state index contributed by atoms with van der Waals surface area (Å²) in [5.41, 5.74) is 3.62. The fourth-order valence-electron chi connectivity index (χ4n) is 3.68. The Morgan fingerprint density at radius 1 is 1.11 bits per heavy atom. The van der Waals surface area contributed by atoms with E-state index in [2.05, 4.69) is 46.6 Å². The van der Waals surface area contributed by atoms with Crippen molar-refractivity contribution in [2.45, 2.75) is 31.8 Å². The van der Waals surface area contributed by atoms with Crippen LogP contribution in [0.2, 0.25) is 0 Å². The lowest BCUT2D eigenvalue weighted by Crippen LogP contribution is -2.28. The zero-order valence-electron chi connectivity index (χ0n) is 15.8. The predicted molar refractivity (Wildman–Crippen MR) is 105 cm³/mol. The molecule has 3 aromatic rings. The van der Waals surface area contributed by atoms with Gasteiger partial charge in [0, 0.05) is 5.56 Å². The molecule has 0 aliphatic carbocycles. The highest BCUT2D eigenvalue weighted by atomic mass is 16.5. The summed E-state index contributed by atoms with van der Waals surface area (Å²) in [5, 5.41) is 7.96. The topological polar surface area (TPSA) is 61.2 Å². The number of hydrogen-bond donors (Lipinski definition) is 1. The molecule has 4 rings (SSSR count). The Hall–Kier alpha value is -3.02. The monoisotopic (exact) mass is 364 g/mol. The van der Waals surface area contributed by atoms with Crippen LogP contribution in [0.15, 0.2) is 48.8 Å². The molecule has 1 N–H and O–H groups in total. The van der Waals surface area contributed by atoms with E-state index in [1.807, 2.05) is 22.9 Å². The molecule has 1 aliphatic rings. The van der Waals surface area contributed by atoms with E-state index in [1.54, 1.807) is 20.5 Å². The van der Waals surface area contributed by atoms with Crippen molar-refractivity contribution in [1.29, 1.82) is 0 Å². The maximum atomic E-state index is 5.62. The lowest BCUT2D eigenvalue weighted by Gasteiger charge is -2.32. The highest BCUT2D eigenvalue weighted by Gasteiger charge is 2.31. The smallest absolute Gasteiger partial charge is 0.222 e. The summed E-state index contributed by atoms with van der Waals surface area (Å²) in [6.45, 7) is 2.17. The summed E-state index contributed by atoms with van der Waals surface area (Å²) < 4.78 is 13.0. The third kappa shape index (κ3) is 3.23. The highest BCUT2D eigenvalue weighted by molar-refractivity contribution is 5.46. The maximum Gasteiger partial charge on any atom is 0.222 e. The number of aryl methyl sites for hydroxylation is 1. The van der Waals surface area contributed by atoms with Crippen molar-refractivity contribution in [2.24, 2.45) is 0 Å². The van der Waals surface area contributed by atoms with Gasteiger partial charge in [0.05, 0.1) is 26.3 Å². The normalized spacial score (nSPS) is 18.5. The van der Waals surface area contributed by atoms with Crippen LogP contribution in [0.25, 0.3) is 0 Å². The summed E-state index contributed by atoms with van der Waals surface area (Å²) in [7, 11) is 3.36. The van der Waals surface area contributed by atoms with Gasteiger partial charge in [-0.2, -0.15) is 10.1 Å². The van der Waals surface area contributed by atoms with Gasteiger partial charge in [-0.1, -0.05) is 31.2 Å². The molecular formula is C21H24N4O2.